The van der Waals surface area contributed by atoms with Crippen LogP contribution >= 0.6 is 0 Å². The molecule has 0 radical (unpaired) electrons. The summed E-state index contributed by atoms with van der Waals surface area (Å²) in [6.45, 7) is 2.11. The molecule has 2 aromatic carbocycles. The van der Waals surface area contributed by atoms with Gasteiger partial charge in [-0.2, -0.15) is 0 Å². The van der Waals surface area contributed by atoms with E-state index in [1.807, 2.05) is 18.2 Å². The van der Waals surface area contributed by atoms with Crippen molar-refractivity contribution in [2.75, 3.05) is 11.9 Å². The van der Waals surface area contributed by atoms with Crippen LogP contribution in [0.1, 0.15) is 35.7 Å². The first-order chi connectivity index (χ1) is 11.1. The van der Waals surface area contributed by atoms with Crippen LogP contribution in [0, 0.1) is 0 Å². The number of anilines is 1. The molecule has 2 amide bonds. The van der Waals surface area contributed by atoms with Crippen molar-refractivity contribution >= 4 is 17.5 Å². The molecule has 1 saturated carbocycles. The highest BCUT2D eigenvalue weighted by atomic mass is 16.2. The van der Waals surface area contributed by atoms with Crippen LogP contribution in [0.2, 0.25) is 0 Å². The van der Waals surface area contributed by atoms with E-state index in [-0.39, 0.29) is 17.2 Å². The third-order valence-electron chi connectivity index (χ3n) is 4.29. The Balaban J connectivity index is 1.60. The van der Waals surface area contributed by atoms with Gasteiger partial charge in [-0.1, -0.05) is 30.3 Å². The van der Waals surface area contributed by atoms with E-state index >= 15 is 0 Å². The Bertz CT molecular complexity index is 704. The van der Waals surface area contributed by atoms with Crippen molar-refractivity contribution in [3.63, 3.8) is 0 Å². The molecule has 0 atom stereocenters. The molecule has 0 bridgehead atoms. The highest BCUT2D eigenvalue weighted by Gasteiger charge is 2.44. The number of carbonyl (C=O) groups is 2. The minimum Gasteiger partial charge on any atom is -0.351 e. The van der Waals surface area contributed by atoms with E-state index < -0.39 is 0 Å². The molecule has 1 fully saturated rings. The van der Waals surface area contributed by atoms with Crippen molar-refractivity contribution in [2.24, 2.45) is 0 Å². The minimum atomic E-state index is -0.124. The van der Waals surface area contributed by atoms with E-state index in [4.69, 9.17) is 0 Å². The zero-order chi connectivity index (χ0) is 16.3. The Labute approximate surface area is 135 Å². The molecule has 2 aromatic rings. The molecular weight excluding hydrogens is 288 g/mol. The van der Waals surface area contributed by atoms with Crippen molar-refractivity contribution in [3.05, 3.63) is 65.7 Å². The standard InChI is InChI=1S/C19H20N2O2/c1-14(22)21-17-9-7-15(8-10-17)18(23)20-13-19(11-12-19)16-5-3-2-4-6-16/h2-10H,11-13H2,1H3,(H,20,23)(H,21,22). The summed E-state index contributed by atoms with van der Waals surface area (Å²) < 4.78 is 0. The van der Waals surface area contributed by atoms with Crippen molar-refractivity contribution < 1.29 is 9.59 Å². The molecule has 118 valence electrons. The first kappa shape index (κ1) is 15.3. The molecule has 1 aliphatic carbocycles. The van der Waals surface area contributed by atoms with Gasteiger partial charge >= 0.3 is 0 Å². The highest BCUT2D eigenvalue weighted by molar-refractivity contribution is 5.95. The van der Waals surface area contributed by atoms with E-state index in [9.17, 15) is 9.59 Å². The van der Waals surface area contributed by atoms with Gasteiger partial charge in [0.25, 0.3) is 5.91 Å². The smallest absolute Gasteiger partial charge is 0.251 e. The van der Waals surface area contributed by atoms with E-state index in [2.05, 4.69) is 22.8 Å². The Morgan fingerprint density at radius 3 is 2.22 bits per heavy atom. The van der Waals surface area contributed by atoms with E-state index in [0.717, 1.165) is 12.8 Å². The van der Waals surface area contributed by atoms with Gasteiger partial charge in [-0.15, -0.1) is 0 Å². The lowest BCUT2D eigenvalue weighted by atomic mass is 9.96. The summed E-state index contributed by atoms with van der Waals surface area (Å²) in [6.07, 6.45) is 2.22. The van der Waals surface area contributed by atoms with E-state index in [1.165, 1.54) is 12.5 Å². The number of carbonyl (C=O) groups excluding carboxylic acids is 2. The molecule has 4 nitrogen and oxygen atoms in total. The van der Waals surface area contributed by atoms with Crippen LogP contribution in [0.15, 0.2) is 54.6 Å². The van der Waals surface area contributed by atoms with Crippen LogP contribution in [0.4, 0.5) is 5.69 Å². The zero-order valence-electron chi connectivity index (χ0n) is 13.1. The summed E-state index contributed by atoms with van der Waals surface area (Å²) >= 11 is 0. The van der Waals surface area contributed by atoms with Crippen LogP contribution < -0.4 is 10.6 Å². The van der Waals surface area contributed by atoms with Gasteiger partial charge in [-0.25, -0.2) is 0 Å². The third kappa shape index (κ3) is 3.59. The van der Waals surface area contributed by atoms with Crippen LogP contribution in [0.25, 0.3) is 0 Å². The number of hydrogen-bond donors (Lipinski definition) is 2. The van der Waals surface area contributed by atoms with Crippen LogP contribution in [-0.2, 0) is 10.2 Å². The van der Waals surface area contributed by atoms with Crippen LogP contribution in [0.3, 0.4) is 0 Å². The highest BCUT2D eigenvalue weighted by Crippen LogP contribution is 2.47. The fraction of sp³-hybridized carbons (Fsp3) is 0.263. The largest absolute Gasteiger partial charge is 0.351 e. The fourth-order valence-corrected chi connectivity index (χ4v) is 2.77. The SMILES string of the molecule is CC(=O)Nc1ccc(C(=O)NCC2(c3ccccc3)CC2)cc1. The Morgan fingerprint density at radius 1 is 1.00 bits per heavy atom. The Morgan fingerprint density at radius 2 is 1.65 bits per heavy atom. The molecule has 0 spiro atoms. The summed E-state index contributed by atoms with van der Waals surface area (Å²) in [7, 11) is 0. The maximum Gasteiger partial charge on any atom is 0.251 e. The predicted octanol–water partition coefficient (Wildman–Crippen LogP) is 3.11. The minimum absolute atomic E-state index is 0.0819. The van der Waals surface area contributed by atoms with Crippen LogP contribution in [0.5, 0.6) is 0 Å². The average molecular weight is 308 g/mol. The molecule has 0 unspecified atom stereocenters. The lowest BCUT2D eigenvalue weighted by Crippen LogP contribution is -2.32. The molecule has 0 saturated heterocycles. The number of nitrogens with one attached hydrogen (secondary N) is 2. The molecule has 4 heteroatoms. The van der Waals surface area contributed by atoms with Crippen LogP contribution in [-0.4, -0.2) is 18.4 Å². The monoisotopic (exact) mass is 308 g/mol. The molecule has 0 aliphatic heterocycles. The molecule has 3 rings (SSSR count). The Hall–Kier alpha value is -2.62. The second-order valence-electron chi connectivity index (χ2n) is 6.09. The van der Waals surface area contributed by atoms with Crippen molar-refractivity contribution in [1.29, 1.82) is 0 Å². The number of benzene rings is 2. The molecule has 1 aliphatic rings. The summed E-state index contributed by atoms with van der Waals surface area (Å²) in [5, 5.41) is 5.72. The van der Waals surface area contributed by atoms with Crippen molar-refractivity contribution in [2.45, 2.75) is 25.2 Å². The summed E-state index contributed by atoms with van der Waals surface area (Å²) in [6, 6.07) is 17.3. The van der Waals surface area contributed by atoms with Gasteiger partial charge in [0.05, 0.1) is 0 Å². The van der Waals surface area contributed by atoms with Gasteiger partial charge in [0.1, 0.15) is 0 Å². The summed E-state index contributed by atoms with van der Waals surface area (Å²) in [4.78, 5) is 23.3. The lowest BCUT2D eigenvalue weighted by molar-refractivity contribution is -0.114. The average Bonchev–Trinajstić information content (AvgIpc) is 3.35. The lowest BCUT2D eigenvalue weighted by Gasteiger charge is -2.16. The quantitative estimate of drug-likeness (QED) is 0.891. The van der Waals surface area contributed by atoms with Gasteiger partial charge in [0, 0.05) is 30.1 Å². The molecule has 23 heavy (non-hydrogen) atoms. The molecule has 0 aromatic heterocycles. The van der Waals surface area contributed by atoms with Crippen molar-refractivity contribution in [3.8, 4) is 0 Å². The molecular formula is C19H20N2O2. The molecule has 2 N–H and O–H groups in total. The number of hydrogen-bond acceptors (Lipinski definition) is 2. The maximum atomic E-state index is 12.3. The van der Waals surface area contributed by atoms with Gasteiger partial charge in [0.2, 0.25) is 5.91 Å². The zero-order valence-corrected chi connectivity index (χ0v) is 13.1. The van der Waals surface area contributed by atoms with E-state index in [1.54, 1.807) is 24.3 Å². The van der Waals surface area contributed by atoms with Gasteiger partial charge in [-0.05, 0) is 42.7 Å². The van der Waals surface area contributed by atoms with Crippen molar-refractivity contribution in [1.82, 2.24) is 5.32 Å². The van der Waals surface area contributed by atoms with E-state index in [0.29, 0.717) is 17.8 Å². The van der Waals surface area contributed by atoms with Gasteiger partial charge in [-0.3, -0.25) is 9.59 Å². The number of rotatable bonds is 5. The predicted molar refractivity (Wildman–Crippen MR) is 90.4 cm³/mol. The summed E-state index contributed by atoms with van der Waals surface area (Å²) in [5.74, 6) is -0.206. The Kier molecular flexibility index (Phi) is 4.15. The normalized spacial score (nSPS) is 14.8. The molecule has 0 heterocycles. The maximum absolute atomic E-state index is 12.3. The third-order valence-corrected chi connectivity index (χ3v) is 4.29. The second kappa shape index (κ2) is 6.24. The topological polar surface area (TPSA) is 58.2 Å². The first-order valence-electron chi connectivity index (χ1n) is 7.80. The van der Waals surface area contributed by atoms with Gasteiger partial charge < -0.3 is 10.6 Å². The summed E-state index contributed by atoms with van der Waals surface area (Å²) in [5.41, 5.74) is 2.69. The number of amides is 2. The fourth-order valence-electron chi connectivity index (χ4n) is 2.77. The van der Waals surface area contributed by atoms with Gasteiger partial charge in [0.15, 0.2) is 0 Å². The second-order valence-corrected chi connectivity index (χ2v) is 6.09. The first-order valence-corrected chi connectivity index (χ1v) is 7.80.